The van der Waals surface area contributed by atoms with E-state index in [-0.39, 0.29) is 17.7 Å². The third-order valence-corrected chi connectivity index (χ3v) is 9.52. The number of aliphatic hydroxyl groups is 2. The number of anilines is 1. The SMILES string of the molecule is C[C@H](N[P@](=O)(OC[C@@]1(C)O[C@@H](c2ccc3c(N)ncnn23)[C@H](O)[C@@H]1O)Oc1ccccc1)C(=O)O[C@H]1CC[C@H](C)CC1. The molecule has 0 spiro atoms. The van der Waals surface area contributed by atoms with Gasteiger partial charge >= 0.3 is 13.7 Å². The molecule has 2 aromatic heterocycles. The number of benzene rings is 1. The highest BCUT2D eigenvalue weighted by Gasteiger charge is 2.54. The first-order valence-corrected chi connectivity index (χ1v) is 15.6. The summed E-state index contributed by atoms with van der Waals surface area (Å²) in [6.45, 7) is 4.76. The maximum Gasteiger partial charge on any atom is 0.459 e. The Morgan fingerprint density at radius 2 is 1.93 bits per heavy atom. The van der Waals surface area contributed by atoms with Gasteiger partial charge in [0, 0.05) is 0 Å². The molecule has 0 bridgehead atoms. The van der Waals surface area contributed by atoms with Crippen LogP contribution in [0.25, 0.3) is 5.52 Å². The van der Waals surface area contributed by atoms with Crippen LogP contribution in [-0.2, 0) is 23.4 Å². The summed E-state index contributed by atoms with van der Waals surface area (Å²) in [4.78, 5) is 16.9. The van der Waals surface area contributed by atoms with Crippen molar-refractivity contribution in [2.75, 3.05) is 12.3 Å². The second-order valence-corrected chi connectivity index (χ2v) is 13.0. The van der Waals surface area contributed by atoms with E-state index in [9.17, 15) is 19.6 Å². The van der Waals surface area contributed by atoms with Crippen molar-refractivity contribution < 1.29 is 38.1 Å². The molecule has 1 aliphatic heterocycles. The van der Waals surface area contributed by atoms with Gasteiger partial charge in [-0.25, -0.2) is 14.1 Å². The Hall–Kier alpha value is -3.06. The van der Waals surface area contributed by atoms with E-state index < -0.39 is 50.3 Å². The zero-order valence-corrected chi connectivity index (χ0v) is 24.7. The first-order valence-electron chi connectivity index (χ1n) is 14.1. The van der Waals surface area contributed by atoms with Crippen LogP contribution in [-0.4, -0.2) is 67.3 Å². The highest BCUT2D eigenvalue weighted by atomic mass is 31.2. The van der Waals surface area contributed by atoms with Crippen molar-refractivity contribution >= 4 is 25.1 Å². The second-order valence-electron chi connectivity index (χ2n) is 11.3. The minimum absolute atomic E-state index is 0.196. The summed E-state index contributed by atoms with van der Waals surface area (Å²) in [6, 6.07) is 10.7. The third kappa shape index (κ3) is 6.46. The Kier molecular flexibility index (Phi) is 8.89. The molecule has 0 radical (unpaired) electrons. The number of aliphatic hydroxyl groups excluding tert-OH is 2. The molecule has 13 nitrogen and oxygen atoms in total. The lowest BCUT2D eigenvalue weighted by Crippen LogP contribution is -2.45. The van der Waals surface area contributed by atoms with Crippen LogP contribution in [0.4, 0.5) is 5.82 Å². The number of fused-ring (bicyclic) bond motifs is 1. The number of hydrogen-bond acceptors (Lipinski definition) is 11. The van der Waals surface area contributed by atoms with Crippen LogP contribution in [0, 0.1) is 5.92 Å². The molecule has 14 heteroatoms. The van der Waals surface area contributed by atoms with E-state index in [0.717, 1.165) is 25.7 Å². The second kappa shape index (κ2) is 12.3. The fourth-order valence-corrected chi connectivity index (χ4v) is 6.91. The molecule has 3 aromatic rings. The highest BCUT2D eigenvalue weighted by molar-refractivity contribution is 7.52. The minimum atomic E-state index is -4.25. The van der Waals surface area contributed by atoms with Gasteiger partial charge in [-0.05, 0) is 69.7 Å². The number of carbonyl (C=O) groups excluding carboxylic acids is 1. The van der Waals surface area contributed by atoms with Gasteiger partial charge in [0.1, 0.15) is 53.7 Å². The summed E-state index contributed by atoms with van der Waals surface area (Å²) in [5.41, 5.74) is 5.36. The number of nitrogens with two attached hydrogens (primary N) is 1. The molecular weight excluding hydrogens is 565 g/mol. The molecule has 6 atom stereocenters. The standard InChI is InChI=1S/C28H38N5O8P/c1-17-9-11-19(12-10-17)39-27(36)18(2)32-42(37,41-20-7-5-4-6-8-20)38-15-28(3)25(35)23(34)24(40-28)21-13-14-22-26(29)30-16-31-33(21)22/h4-8,13-14,16-19,23-25,34-35H,9-12,15H2,1-3H3,(H,32,37)(H2,29,30,31)/t17-,18-,19-,23-,24-,25-,28+,42-/m0/s1. The number of esters is 1. The number of aromatic nitrogens is 3. The molecule has 1 aromatic carbocycles. The van der Waals surface area contributed by atoms with Gasteiger partial charge in [-0.2, -0.15) is 10.2 Å². The predicted molar refractivity (Wildman–Crippen MR) is 152 cm³/mol. The first-order chi connectivity index (χ1) is 20.0. The Bertz CT molecular complexity index is 1430. The zero-order valence-electron chi connectivity index (χ0n) is 23.8. The van der Waals surface area contributed by atoms with Crippen molar-refractivity contribution in [3.8, 4) is 5.75 Å². The van der Waals surface area contributed by atoms with Crippen molar-refractivity contribution in [3.63, 3.8) is 0 Å². The molecule has 2 fully saturated rings. The number of ether oxygens (including phenoxy) is 2. The van der Waals surface area contributed by atoms with Crippen molar-refractivity contribution in [2.45, 2.75) is 82.5 Å². The van der Waals surface area contributed by atoms with Gasteiger partial charge in [-0.3, -0.25) is 9.32 Å². The number of rotatable bonds is 10. The number of carbonyl (C=O) groups is 1. The molecule has 0 amide bonds. The number of hydrogen-bond donors (Lipinski definition) is 4. The van der Waals surface area contributed by atoms with E-state index in [1.807, 2.05) is 0 Å². The maximum atomic E-state index is 14.0. The maximum absolute atomic E-state index is 14.0. The smallest absolute Gasteiger partial charge is 0.459 e. The number of para-hydroxylation sites is 1. The lowest BCUT2D eigenvalue weighted by molar-refractivity contribution is -0.152. The summed E-state index contributed by atoms with van der Waals surface area (Å²) >= 11 is 0. The molecule has 2 aliphatic rings. The molecule has 1 saturated carbocycles. The summed E-state index contributed by atoms with van der Waals surface area (Å²) in [5, 5.41) is 28.8. The van der Waals surface area contributed by atoms with Gasteiger partial charge in [0.15, 0.2) is 5.82 Å². The van der Waals surface area contributed by atoms with Crippen molar-refractivity contribution in [1.82, 2.24) is 19.7 Å². The number of nitrogens with one attached hydrogen (secondary N) is 1. The molecule has 5 N–H and O–H groups in total. The van der Waals surface area contributed by atoms with Crippen LogP contribution in [0.15, 0.2) is 48.8 Å². The highest BCUT2D eigenvalue weighted by Crippen LogP contribution is 2.48. The van der Waals surface area contributed by atoms with E-state index in [1.165, 1.54) is 24.7 Å². The fourth-order valence-electron chi connectivity index (χ4n) is 5.33. The molecule has 42 heavy (non-hydrogen) atoms. The number of nitrogen functional groups attached to an aromatic ring is 1. The van der Waals surface area contributed by atoms with Crippen LogP contribution in [0.1, 0.15) is 58.3 Å². The largest absolute Gasteiger partial charge is 0.461 e. The average Bonchev–Trinajstić information content (AvgIpc) is 3.49. The molecule has 0 unspecified atom stereocenters. The Balaban J connectivity index is 1.31. The topological polar surface area (TPSA) is 180 Å². The molecule has 5 rings (SSSR count). The predicted octanol–water partition coefficient (Wildman–Crippen LogP) is 3.17. The third-order valence-electron chi connectivity index (χ3n) is 7.90. The lowest BCUT2D eigenvalue weighted by atomic mass is 9.89. The summed E-state index contributed by atoms with van der Waals surface area (Å²) < 4.78 is 38.9. The fraction of sp³-hybridized carbons (Fsp3) is 0.536. The van der Waals surface area contributed by atoms with Crippen molar-refractivity contribution in [3.05, 3.63) is 54.5 Å². The van der Waals surface area contributed by atoms with Crippen LogP contribution >= 0.6 is 7.75 Å². The Morgan fingerprint density at radius 1 is 1.21 bits per heavy atom. The van der Waals surface area contributed by atoms with Crippen LogP contribution in [0.2, 0.25) is 0 Å². The van der Waals surface area contributed by atoms with Gasteiger partial charge in [0.2, 0.25) is 0 Å². The number of nitrogens with zero attached hydrogens (tertiary/aromatic N) is 3. The van der Waals surface area contributed by atoms with Crippen molar-refractivity contribution in [1.29, 1.82) is 0 Å². The molecule has 228 valence electrons. The van der Waals surface area contributed by atoms with E-state index >= 15 is 0 Å². The molecule has 1 aliphatic carbocycles. The Morgan fingerprint density at radius 3 is 2.64 bits per heavy atom. The normalized spacial score (nSPS) is 30.1. The molecular formula is C28H38N5O8P. The van der Waals surface area contributed by atoms with E-state index in [1.54, 1.807) is 42.5 Å². The lowest BCUT2D eigenvalue weighted by Gasteiger charge is -2.31. The van der Waals surface area contributed by atoms with Gasteiger partial charge in [0.25, 0.3) is 0 Å². The van der Waals surface area contributed by atoms with Gasteiger partial charge in [-0.15, -0.1) is 0 Å². The first kappa shape index (κ1) is 30.4. The van der Waals surface area contributed by atoms with E-state index in [2.05, 4.69) is 22.1 Å². The summed E-state index contributed by atoms with van der Waals surface area (Å²) in [6.07, 6.45) is 0.767. The van der Waals surface area contributed by atoms with Gasteiger partial charge in [-0.1, -0.05) is 25.1 Å². The minimum Gasteiger partial charge on any atom is -0.461 e. The van der Waals surface area contributed by atoms with Crippen LogP contribution in [0.5, 0.6) is 5.75 Å². The van der Waals surface area contributed by atoms with E-state index in [0.29, 0.717) is 17.1 Å². The Labute approximate surface area is 243 Å². The summed E-state index contributed by atoms with van der Waals surface area (Å²) in [7, 11) is -4.25. The van der Waals surface area contributed by atoms with Crippen LogP contribution < -0.4 is 15.3 Å². The average molecular weight is 604 g/mol. The summed E-state index contributed by atoms with van der Waals surface area (Å²) in [5.74, 6) is 0.503. The van der Waals surface area contributed by atoms with Crippen molar-refractivity contribution in [2.24, 2.45) is 5.92 Å². The molecule has 3 heterocycles. The quantitative estimate of drug-likeness (QED) is 0.197. The zero-order chi connectivity index (χ0) is 30.1. The molecule has 1 saturated heterocycles. The van der Waals surface area contributed by atoms with Crippen LogP contribution in [0.3, 0.4) is 0 Å². The monoisotopic (exact) mass is 603 g/mol. The van der Waals surface area contributed by atoms with Gasteiger partial charge < -0.3 is 29.9 Å². The van der Waals surface area contributed by atoms with Gasteiger partial charge in [0.05, 0.1) is 12.3 Å². The van der Waals surface area contributed by atoms with E-state index in [4.69, 9.17) is 24.3 Å².